The highest BCUT2D eigenvalue weighted by Gasteiger charge is 2.04. The number of nitrogens with zero attached hydrogens (tertiary/aromatic N) is 2. The number of carbonyl (C=O) groups is 1. The summed E-state index contributed by atoms with van der Waals surface area (Å²) in [5.74, 6) is 0.317. The van der Waals surface area contributed by atoms with Crippen molar-refractivity contribution in [3.05, 3.63) is 18.0 Å². The zero-order valence-electron chi connectivity index (χ0n) is 10.4. The molecular formula is C12H21N3O. The number of hydrogen-bond donors (Lipinski definition) is 1. The lowest BCUT2D eigenvalue weighted by molar-refractivity contribution is -0.118. The predicted octanol–water partition coefficient (Wildman–Crippen LogP) is 1.31. The van der Waals surface area contributed by atoms with Gasteiger partial charge in [0.1, 0.15) is 5.78 Å². The Morgan fingerprint density at radius 2 is 2.25 bits per heavy atom. The molecule has 1 aromatic heterocycles. The standard InChI is InChI=1S/C12H21N3O/c1-10(2)13-7-6-12(16)5-4-11-8-14-15(3)9-11/h8-10,13H,4-7H2,1-3H3. The second kappa shape index (κ2) is 6.43. The van der Waals surface area contributed by atoms with Crippen LogP contribution in [0.2, 0.25) is 0 Å². The van der Waals surface area contributed by atoms with Crippen molar-refractivity contribution in [1.82, 2.24) is 15.1 Å². The molecule has 0 saturated heterocycles. The van der Waals surface area contributed by atoms with Crippen molar-refractivity contribution in [1.29, 1.82) is 0 Å². The molecule has 0 spiro atoms. The molecule has 0 aromatic carbocycles. The number of carbonyl (C=O) groups excluding carboxylic acids is 1. The molecule has 0 aliphatic rings. The minimum atomic E-state index is 0.317. The Labute approximate surface area is 97.0 Å². The Hall–Kier alpha value is -1.16. The van der Waals surface area contributed by atoms with Crippen LogP contribution in [-0.4, -0.2) is 28.2 Å². The van der Waals surface area contributed by atoms with Gasteiger partial charge in [-0.05, 0) is 12.0 Å². The van der Waals surface area contributed by atoms with Crippen LogP contribution >= 0.6 is 0 Å². The Morgan fingerprint density at radius 1 is 1.50 bits per heavy atom. The van der Waals surface area contributed by atoms with Gasteiger partial charge < -0.3 is 5.32 Å². The van der Waals surface area contributed by atoms with Gasteiger partial charge in [0.25, 0.3) is 0 Å². The van der Waals surface area contributed by atoms with Crippen LogP contribution in [0.15, 0.2) is 12.4 Å². The second-order valence-corrected chi connectivity index (χ2v) is 4.42. The van der Waals surface area contributed by atoms with Crippen LogP contribution in [0.1, 0.15) is 32.3 Å². The minimum Gasteiger partial charge on any atom is -0.314 e. The van der Waals surface area contributed by atoms with Crippen LogP contribution < -0.4 is 5.32 Å². The van der Waals surface area contributed by atoms with Crippen LogP contribution in [0.25, 0.3) is 0 Å². The molecule has 16 heavy (non-hydrogen) atoms. The maximum Gasteiger partial charge on any atom is 0.134 e. The number of aromatic nitrogens is 2. The van der Waals surface area contributed by atoms with Crippen molar-refractivity contribution in [2.75, 3.05) is 6.54 Å². The quantitative estimate of drug-likeness (QED) is 0.758. The third-order valence-corrected chi connectivity index (χ3v) is 2.41. The molecule has 0 amide bonds. The average molecular weight is 223 g/mol. The molecule has 1 N–H and O–H groups in total. The summed E-state index contributed by atoms with van der Waals surface area (Å²) < 4.78 is 1.76. The van der Waals surface area contributed by atoms with Gasteiger partial charge in [-0.1, -0.05) is 13.8 Å². The molecule has 0 aliphatic heterocycles. The first-order valence-corrected chi connectivity index (χ1v) is 5.80. The summed E-state index contributed by atoms with van der Waals surface area (Å²) in [6, 6.07) is 0.450. The average Bonchev–Trinajstić information content (AvgIpc) is 2.61. The number of aryl methyl sites for hydroxylation is 2. The summed E-state index contributed by atoms with van der Waals surface area (Å²) in [4.78, 5) is 11.5. The highest BCUT2D eigenvalue weighted by atomic mass is 16.1. The van der Waals surface area contributed by atoms with Gasteiger partial charge in [0.2, 0.25) is 0 Å². The van der Waals surface area contributed by atoms with E-state index in [0.717, 1.165) is 18.5 Å². The molecule has 90 valence electrons. The van der Waals surface area contributed by atoms with Crippen molar-refractivity contribution < 1.29 is 4.79 Å². The van der Waals surface area contributed by atoms with Gasteiger partial charge in [-0.25, -0.2) is 0 Å². The van der Waals surface area contributed by atoms with Crippen molar-refractivity contribution >= 4 is 5.78 Å². The third-order valence-electron chi connectivity index (χ3n) is 2.41. The Balaban J connectivity index is 2.15. The molecular weight excluding hydrogens is 202 g/mol. The molecule has 1 heterocycles. The van der Waals surface area contributed by atoms with Gasteiger partial charge in [-0.15, -0.1) is 0 Å². The first kappa shape index (κ1) is 12.9. The normalized spacial score (nSPS) is 11.0. The highest BCUT2D eigenvalue weighted by Crippen LogP contribution is 2.02. The maximum atomic E-state index is 11.5. The largest absolute Gasteiger partial charge is 0.314 e. The van der Waals surface area contributed by atoms with E-state index in [1.807, 2.05) is 19.4 Å². The number of rotatable bonds is 7. The van der Waals surface area contributed by atoms with Crippen LogP contribution in [0.3, 0.4) is 0 Å². The maximum absolute atomic E-state index is 11.5. The van der Waals surface area contributed by atoms with E-state index in [9.17, 15) is 4.79 Å². The SMILES string of the molecule is CC(C)NCCC(=O)CCc1cnn(C)c1. The fraction of sp³-hybridized carbons (Fsp3) is 0.667. The van der Waals surface area contributed by atoms with Gasteiger partial charge in [-0.3, -0.25) is 9.48 Å². The molecule has 0 aliphatic carbocycles. The van der Waals surface area contributed by atoms with E-state index in [2.05, 4.69) is 24.3 Å². The number of ketones is 1. The topological polar surface area (TPSA) is 46.9 Å². The highest BCUT2D eigenvalue weighted by molar-refractivity contribution is 5.78. The fourth-order valence-electron chi connectivity index (χ4n) is 1.51. The number of Topliss-reactive ketones (excluding diaryl/α,β-unsaturated/α-hetero) is 1. The lowest BCUT2D eigenvalue weighted by Crippen LogP contribution is -2.25. The molecule has 4 nitrogen and oxygen atoms in total. The van der Waals surface area contributed by atoms with E-state index in [-0.39, 0.29) is 0 Å². The Kier molecular flexibility index (Phi) is 5.19. The van der Waals surface area contributed by atoms with Crippen LogP contribution in [0.5, 0.6) is 0 Å². The first-order chi connectivity index (χ1) is 7.58. The molecule has 0 bridgehead atoms. The monoisotopic (exact) mass is 223 g/mol. The van der Waals surface area contributed by atoms with E-state index in [0.29, 0.717) is 24.7 Å². The van der Waals surface area contributed by atoms with Crippen LogP contribution in [0.4, 0.5) is 0 Å². The molecule has 0 saturated carbocycles. The van der Waals surface area contributed by atoms with E-state index in [1.54, 1.807) is 4.68 Å². The Bertz CT molecular complexity index is 331. The minimum absolute atomic E-state index is 0.317. The summed E-state index contributed by atoms with van der Waals surface area (Å²) in [6.07, 6.45) is 5.82. The predicted molar refractivity (Wildman–Crippen MR) is 64.3 cm³/mol. The summed E-state index contributed by atoms with van der Waals surface area (Å²) in [7, 11) is 1.89. The van der Waals surface area contributed by atoms with Gasteiger partial charge in [0.05, 0.1) is 6.20 Å². The summed E-state index contributed by atoms with van der Waals surface area (Å²) in [6.45, 7) is 4.95. The van der Waals surface area contributed by atoms with Crippen LogP contribution in [-0.2, 0) is 18.3 Å². The lowest BCUT2D eigenvalue weighted by atomic mass is 10.1. The van der Waals surface area contributed by atoms with E-state index < -0.39 is 0 Å². The zero-order valence-corrected chi connectivity index (χ0v) is 10.4. The number of hydrogen-bond acceptors (Lipinski definition) is 3. The van der Waals surface area contributed by atoms with Crippen molar-refractivity contribution in [3.63, 3.8) is 0 Å². The summed E-state index contributed by atoms with van der Waals surface area (Å²) in [5, 5.41) is 7.31. The zero-order chi connectivity index (χ0) is 12.0. The fourth-order valence-corrected chi connectivity index (χ4v) is 1.51. The van der Waals surface area contributed by atoms with E-state index in [1.165, 1.54) is 0 Å². The molecule has 0 fully saturated rings. The molecule has 0 unspecified atom stereocenters. The first-order valence-electron chi connectivity index (χ1n) is 5.80. The second-order valence-electron chi connectivity index (χ2n) is 4.42. The molecule has 1 aromatic rings. The number of nitrogens with one attached hydrogen (secondary N) is 1. The molecule has 4 heteroatoms. The van der Waals surface area contributed by atoms with Gasteiger partial charge >= 0.3 is 0 Å². The van der Waals surface area contributed by atoms with Crippen molar-refractivity contribution in [2.24, 2.45) is 7.05 Å². The van der Waals surface area contributed by atoms with Gasteiger partial charge in [0.15, 0.2) is 0 Å². The Morgan fingerprint density at radius 3 is 2.81 bits per heavy atom. The molecule has 0 atom stereocenters. The molecule has 1 rings (SSSR count). The van der Waals surface area contributed by atoms with E-state index in [4.69, 9.17) is 0 Å². The van der Waals surface area contributed by atoms with E-state index >= 15 is 0 Å². The van der Waals surface area contributed by atoms with Gasteiger partial charge in [-0.2, -0.15) is 5.10 Å². The van der Waals surface area contributed by atoms with Crippen molar-refractivity contribution in [2.45, 2.75) is 39.2 Å². The smallest absolute Gasteiger partial charge is 0.134 e. The lowest BCUT2D eigenvalue weighted by Gasteiger charge is -2.06. The van der Waals surface area contributed by atoms with Crippen LogP contribution in [0, 0.1) is 0 Å². The summed E-state index contributed by atoms with van der Waals surface area (Å²) >= 11 is 0. The van der Waals surface area contributed by atoms with Gasteiger partial charge in [0, 0.05) is 38.7 Å². The van der Waals surface area contributed by atoms with Crippen molar-refractivity contribution in [3.8, 4) is 0 Å². The summed E-state index contributed by atoms with van der Waals surface area (Å²) in [5.41, 5.74) is 1.13. The molecule has 0 radical (unpaired) electrons. The third kappa shape index (κ3) is 5.07.